The van der Waals surface area contributed by atoms with Gasteiger partial charge in [0.2, 0.25) is 0 Å². The first-order valence-corrected chi connectivity index (χ1v) is 10.6. The zero-order valence-corrected chi connectivity index (χ0v) is 18.3. The molecule has 166 valence electrons. The highest BCUT2D eigenvalue weighted by Gasteiger charge is 2.25. The highest BCUT2D eigenvalue weighted by molar-refractivity contribution is 8.03. The van der Waals surface area contributed by atoms with Crippen molar-refractivity contribution in [3.8, 4) is 5.40 Å². The van der Waals surface area contributed by atoms with Gasteiger partial charge >= 0.3 is 5.69 Å². The molecule has 0 saturated carbocycles. The van der Waals surface area contributed by atoms with Crippen LogP contribution in [0.25, 0.3) is 0 Å². The Hall–Kier alpha value is -4.30. The Morgan fingerprint density at radius 2 is 1.64 bits per heavy atom. The lowest BCUT2D eigenvalue weighted by Crippen LogP contribution is -2.21. The van der Waals surface area contributed by atoms with Crippen molar-refractivity contribution in [1.82, 2.24) is 0 Å². The first-order chi connectivity index (χ1) is 15.9. The van der Waals surface area contributed by atoms with E-state index in [2.05, 4.69) is 34.2 Å². The average molecular weight is 462 g/mol. The van der Waals surface area contributed by atoms with Gasteiger partial charge in [-0.1, -0.05) is 30.3 Å². The molecule has 0 atom stereocenters. The summed E-state index contributed by atoms with van der Waals surface area (Å²) in [5.74, 6) is 0. The normalized spacial score (nSPS) is 10.7. The third kappa shape index (κ3) is 5.90. The summed E-state index contributed by atoms with van der Waals surface area (Å²) >= 11 is 0.529. The smallest absolute Gasteiger partial charge is 0.303 e. The van der Waals surface area contributed by atoms with Gasteiger partial charge in [0.25, 0.3) is 5.69 Å². The number of thiocyanates is 1. The van der Waals surface area contributed by atoms with E-state index in [1.807, 2.05) is 30.3 Å². The van der Waals surface area contributed by atoms with Crippen molar-refractivity contribution in [3.05, 3.63) is 92.5 Å². The zero-order valence-electron chi connectivity index (χ0n) is 17.5. The van der Waals surface area contributed by atoms with Crippen molar-refractivity contribution in [2.75, 3.05) is 11.4 Å². The Labute approximate surface area is 193 Å². The summed E-state index contributed by atoms with van der Waals surface area (Å²) in [5.41, 5.74) is 1.34. The average Bonchev–Trinajstić information content (AvgIpc) is 2.82. The molecule has 0 aliphatic carbocycles. The van der Waals surface area contributed by atoms with Crippen LogP contribution in [0.3, 0.4) is 0 Å². The summed E-state index contributed by atoms with van der Waals surface area (Å²) in [5, 5.41) is 41.2. The molecule has 3 rings (SSSR count). The molecule has 0 unspecified atom stereocenters. The molecular formula is C22H18N6O4S. The van der Waals surface area contributed by atoms with Crippen LogP contribution in [-0.4, -0.2) is 16.4 Å². The van der Waals surface area contributed by atoms with Gasteiger partial charge in [0.05, 0.1) is 21.6 Å². The fourth-order valence-corrected chi connectivity index (χ4v) is 3.58. The van der Waals surface area contributed by atoms with Gasteiger partial charge < -0.3 is 4.90 Å². The lowest BCUT2D eigenvalue weighted by Gasteiger charge is -2.23. The minimum absolute atomic E-state index is 0.0445. The molecule has 33 heavy (non-hydrogen) atoms. The molecule has 0 bridgehead atoms. The van der Waals surface area contributed by atoms with Gasteiger partial charge in [0, 0.05) is 18.8 Å². The molecule has 0 fully saturated rings. The lowest BCUT2D eigenvalue weighted by molar-refractivity contribution is -0.395. The van der Waals surface area contributed by atoms with Crippen LogP contribution >= 0.6 is 11.8 Å². The van der Waals surface area contributed by atoms with Gasteiger partial charge in [-0.25, -0.2) is 0 Å². The lowest BCUT2D eigenvalue weighted by atomic mass is 10.2. The number of rotatable bonds is 9. The maximum Gasteiger partial charge on any atom is 0.303 e. The van der Waals surface area contributed by atoms with E-state index in [0.29, 0.717) is 17.4 Å². The van der Waals surface area contributed by atoms with E-state index in [-0.39, 0.29) is 10.6 Å². The highest BCUT2D eigenvalue weighted by atomic mass is 32.2. The molecule has 0 aromatic heterocycles. The number of nitrogens with zero attached hydrogens (tertiary/aromatic N) is 6. The first kappa shape index (κ1) is 23.4. The molecule has 3 aromatic rings. The van der Waals surface area contributed by atoms with Crippen LogP contribution < -0.4 is 4.90 Å². The molecule has 0 radical (unpaired) electrons. The van der Waals surface area contributed by atoms with E-state index in [1.165, 1.54) is 5.56 Å². The second kappa shape index (κ2) is 10.8. The maximum atomic E-state index is 11.4. The molecule has 0 saturated heterocycles. The van der Waals surface area contributed by atoms with E-state index >= 15 is 0 Å². The monoisotopic (exact) mass is 462 g/mol. The van der Waals surface area contributed by atoms with Crippen molar-refractivity contribution in [2.45, 2.75) is 18.4 Å². The molecule has 0 aliphatic heterocycles. The first-order valence-electron chi connectivity index (χ1n) is 9.76. The van der Waals surface area contributed by atoms with E-state index in [4.69, 9.17) is 5.26 Å². The van der Waals surface area contributed by atoms with Crippen LogP contribution in [0.2, 0.25) is 0 Å². The number of nitro groups is 2. The third-order valence-corrected chi connectivity index (χ3v) is 5.33. The van der Waals surface area contributed by atoms with Gasteiger partial charge in [-0.2, -0.15) is 10.4 Å². The van der Waals surface area contributed by atoms with E-state index in [0.717, 1.165) is 30.9 Å². The van der Waals surface area contributed by atoms with Crippen molar-refractivity contribution in [2.24, 2.45) is 10.2 Å². The summed E-state index contributed by atoms with van der Waals surface area (Å²) in [6.45, 7) is 3.59. The molecular weight excluding hydrogens is 444 g/mol. The number of hydrogen-bond acceptors (Lipinski definition) is 9. The van der Waals surface area contributed by atoms with Crippen molar-refractivity contribution in [1.29, 1.82) is 5.26 Å². The predicted molar refractivity (Wildman–Crippen MR) is 125 cm³/mol. The number of benzene rings is 3. The van der Waals surface area contributed by atoms with Crippen molar-refractivity contribution in [3.63, 3.8) is 0 Å². The quantitative estimate of drug-likeness (QED) is 0.116. The largest absolute Gasteiger partial charge is 0.367 e. The summed E-state index contributed by atoms with van der Waals surface area (Å²) in [6, 6.07) is 19.2. The fraction of sp³-hybridized carbons (Fsp3) is 0.136. The Bertz CT molecular complexity index is 1230. The van der Waals surface area contributed by atoms with Gasteiger partial charge in [-0.05, 0) is 54.6 Å². The molecule has 0 amide bonds. The van der Waals surface area contributed by atoms with Gasteiger partial charge in [0.15, 0.2) is 5.69 Å². The Kier molecular flexibility index (Phi) is 7.67. The number of azo groups is 1. The van der Waals surface area contributed by atoms with Crippen LogP contribution in [0.4, 0.5) is 28.4 Å². The Balaban J connectivity index is 1.86. The van der Waals surface area contributed by atoms with Gasteiger partial charge in [-0.15, -0.1) is 5.11 Å². The second-order valence-electron chi connectivity index (χ2n) is 6.73. The predicted octanol–water partition coefficient (Wildman–Crippen LogP) is 6.52. The number of hydrogen-bond donors (Lipinski definition) is 0. The minimum Gasteiger partial charge on any atom is -0.367 e. The highest BCUT2D eigenvalue weighted by Crippen LogP contribution is 2.39. The van der Waals surface area contributed by atoms with Gasteiger partial charge in [-0.3, -0.25) is 20.2 Å². The van der Waals surface area contributed by atoms with E-state index in [1.54, 1.807) is 17.5 Å². The van der Waals surface area contributed by atoms with Crippen molar-refractivity contribution < 1.29 is 9.85 Å². The SMILES string of the molecule is CCN(Cc1ccccc1)c1ccc(/N=N/c2cc(SC#N)c([N+](=O)[O-])cc2[N+](=O)[O-])cc1. The standard InChI is InChI=1S/C22H18N6O4S/c1-2-26(14-16-6-4-3-5-7-16)18-10-8-17(9-11-18)24-25-19-12-22(33-15-23)21(28(31)32)13-20(19)27(29)30/h3-13H,2,14H2,1H3/b25-24+. The van der Waals surface area contributed by atoms with Gasteiger partial charge in [0.1, 0.15) is 10.3 Å². The molecule has 10 nitrogen and oxygen atoms in total. The minimum atomic E-state index is -0.777. The number of nitro benzene ring substituents is 2. The summed E-state index contributed by atoms with van der Waals surface area (Å²) in [7, 11) is 0. The third-order valence-electron chi connectivity index (χ3n) is 4.69. The van der Waals surface area contributed by atoms with Crippen LogP contribution in [0.5, 0.6) is 0 Å². The van der Waals surface area contributed by atoms with E-state index in [9.17, 15) is 20.2 Å². The topological polar surface area (TPSA) is 138 Å². The molecule has 11 heteroatoms. The van der Waals surface area contributed by atoms with E-state index < -0.39 is 21.2 Å². The summed E-state index contributed by atoms with van der Waals surface area (Å²) in [4.78, 5) is 23.2. The number of thioether (sulfide) groups is 1. The van der Waals surface area contributed by atoms with Crippen LogP contribution in [0.1, 0.15) is 12.5 Å². The number of nitriles is 1. The molecule has 0 N–H and O–H groups in total. The summed E-state index contributed by atoms with van der Waals surface area (Å²) in [6.07, 6.45) is 0. The molecule has 0 heterocycles. The Morgan fingerprint density at radius 1 is 0.970 bits per heavy atom. The zero-order chi connectivity index (χ0) is 23.8. The summed E-state index contributed by atoms with van der Waals surface area (Å²) < 4.78 is 0. The van der Waals surface area contributed by atoms with Crippen LogP contribution in [0, 0.1) is 30.9 Å². The maximum absolute atomic E-state index is 11.4. The van der Waals surface area contributed by atoms with Crippen LogP contribution in [-0.2, 0) is 6.54 Å². The van der Waals surface area contributed by atoms with Crippen LogP contribution in [0.15, 0.2) is 81.9 Å². The molecule has 0 aliphatic rings. The Morgan fingerprint density at radius 3 is 2.21 bits per heavy atom. The second-order valence-corrected chi connectivity index (χ2v) is 7.56. The van der Waals surface area contributed by atoms with Crippen molar-refractivity contribution >= 4 is 40.2 Å². The molecule has 3 aromatic carbocycles. The fourth-order valence-electron chi connectivity index (χ4n) is 3.08. The molecule has 0 spiro atoms. The number of anilines is 1.